The molecule has 2 aromatic heterocycles. The number of H-pyrrole nitrogens is 2. The molecule has 0 aromatic carbocycles. The first-order valence-electron chi connectivity index (χ1n) is 8.28. The fourth-order valence-electron chi connectivity index (χ4n) is 3.05. The summed E-state index contributed by atoms with van der Waals surface area (Å²) < 4.78 is 1.30. The lowest BCUT2D eigenvalue weighted by molar-refractivity contribution is -0.132. The second-order valence-corrected chi connectivity index (χ2v) is 6.73. The van der Waals surface area contributed by atoms with E-state index in [1.165, 1.54) is 23.2 Å². The molecule has 9 nitrogen and oxygen atoms in total. The van der Waals surface area contributed by atoms with Crippen LogP contribution >= 0.6 is 0 Å². The Kier molecular flexibility index (Phi) is 4.64. The van der Waals surface area contributed by atoms with Crippen LogP contribution in [-0.4, -0.2) is 54.1 Å². The Morgan fingerprint density at radius 1 is 1.46 bits per heavy atom. The van der Waals surface area contributed by atoms with Crippen LogP contribution in [0.25, 0.3) is 6.08 Å². The first-order valence-corrected chi connectivity index (χ1v) is 8.28. The number of likely N-dealkylation sites (tertiary alicyclic amines) is 1. The predicted molar refractivity (Wildman–Crippen MR) is 94.5 cm³/mol. The third-order valence-electron chi connectivity index (χ3n) is 4.72. The minimum atomic E-state index is -1.18. The van der Waals surface area contributed by atoms with Gasteiger partial charge < -0.3 is 15.0 Å². The van der Waals surface area contributed by atoms with E-state index in [4.69, 9.17) is 0 Å². The van der Waals surface area contributed by atoms with Crippen LogP contribution in [0.3, 0.4) is 0 Å². The highest BCUT2D eigenvalue weighted by molar-refractivity contribution is 5.91. The van der Waals surface area contributed by atoms with Gasteiger partial charge in [0.1, 0.15) is 0 Å². The van der Waals surface area contributed by atoms with E-state index in [0.29, 0.717) is 24.2 Å². The van der Waals surface area contributed by atoms with Gasteiger partial charge in [-0.1, -0.05) is 0 Å². The number of nitrogens with zero attached hydrogens (tertiary/aromatic N) is 3. The van der Waals surface area contributed by atoms with E-state index >= 15 is 0 Å². The molecule has 1 saturated heterocycles. The molecule has 0 saturated carbocycles. The number of hydrogen-bond donors (Lipinski definition) is 3. The topological polar surface area (TPSA) is 124 Å². The third-order valence-corrected chi connectivity index (χ3v) is 4.72. The van der Waals surface area contributed by atoms with Crippen LogP contribution in [0.15, 0.2) is 34.4 Å². The van der Waals surface area contributed by atoms with Gasteiger partial charge in [-0.2, -0.15) is 0 Å². The molecule has 3 heterocycles. The zero-order valence-corrected chi connectivity index (χ0v) is 14.6. The second-order valence-electron chi connectivity index (χ2n) is 6.73. The number of aromatic nitrogens is 4. The molecule has 0 radical (unpaired) electrons. The van der Waals surface area contributed by atoms with Gasteiger partial charge in [0.25, 0.3) is 5.56 Å². The largest absolute Gasteiger partial charge is 0.388 e. The van der Waals surface area contributed by atoms with E-state index in [9.17, 15) is 19.5 Å². The van der Waals surface area contributed by atoms with Gasteiger partial charge in [-0.3, -0.25) is 19.1 Å². The van der Waals surface area contributed by atoms with Crippen LogP contribution in [0, 0.1) is 6.92 Å². The standard InChI is InChI=1S/C17H21N5O4/c1-11-8-22(16(25)20-15(11)24)13-9-21(6-5-17(13,2)26)14(23)4-3-12-7-18-10-19-12/h3-4,7-8,10,13,26H,5-6,9H2,1-2H3,(H,18,19)(H,20,24,25)/b4-3+/t13-,17-/m1/s1. The van der Waals surface area contributed by atoms with E-state index in [0.717, 1.165) is 0 Å². The fourth-order valence-corrected chi connectivity index (χ4v) is 3.05. The normalized spacial score (nSPS) is 23.5. The summed E-state index contributed by atoms with van der Waals surface area (Å²) in [6, 6.07) is -0.663. The molecule has 0 unspecified atom stereocenters. The summed E-state index contributed by atoms with van der Waals surface area (Å²) in [5.74, 6) is -0.228. The van der Waals surface area contributed by atoms with Crippen molar-refractivity contribution in [1.29, 1.82) is 0 Å². The number of nitrogens with one attached hydrogen (secondary N) is 2. The van der Waals surface area contributed by atoms with E-state index in [2.05, 4.69) is 15.0 Å². The Labute approximate surface area is 149 Å². The van der Waals surface area contributed by atoms with Crippen LogP contribution in [0.1, 0.15) is 30.6 Å². The maximum atomic E-state index is 12.5. The lowest BCUT2D eigenvalue weighted by Crippen LogP contribution is -2.54. The summed E-state index contributed by atoms with van der Waals surface area (Å²) in [5.41, 5.74) is -1.18. The van der Waals surface area contributed by atoms with Crippen molar-refractivity contribution in [3.8, 4) is 0 Å². The molecule has 0 aliphatic carbocycles. The van der Waals surface area contributed by atoms with Gasteiger partial charge in [0.15, 0.2) is 0 Å². The van der Waals surface area contributed by atoms with Crippen molar-refractivity contribution < 1.29 is 9.90 Å². The van der Waals surface area contributed by atoms with Gasteiger partial charge in [0.2, 0.25) is 5.91 Å². The van der Waals surface area contributed by atoms with Crippen LogP contribution in [-0.2, 0) is 4.79 Å². The predicted octanol–water partition coefficient (Wildman–Crippen LogP) is -0.194. The Balaban J connectivity index is 1.85. The molecule has 1 aliphatic rings. The van der Waals surface area contributed by atoms with Gasteiger partial charge in [-0.25, -0.2) is 9.78 Å². The molecule has 0 bridgehead atoms. The van der Waals surface area contributed by atoms with E-state index < -0.39 is 22.9 Å². The van der Waals surface area contributed by atoms with Crippen LogP contribution in [0.4, 0.5) is 0 Å². The molecule has 1 fully saturated rings. The lowest BCUT2D eigenvalue weighted by Gasteiger charge is -2.43. The zero-order valence-electron chi connectivity index (χ0n) is 14.6. The molecule has 9 heteroatoms. The van der Waals surface area contributed by atoms with Crippen molar-refractivity contribution in [2.24, 2.45) is 0 Å². The summed E-state index contributed by atoms with van der Waals surface area (Å²) in [7, 11) is 0. The Morgan fingerprint density at radius 2 is 2.23 bits per heavy atom. The summed E-state index contributed by atoms with van der Waals surface area (Å²) >= 11 is 0. The van der Waals surface area contributed by atoms with Gasteiger partial charge in [0, 0.05) is 30.9 Å². The summed E-state index contributed by atoms with van der Waals surface area (Å²) in [6.07, 6.45) is 7.89. The first kappa shape index (κ1) is 17.9. The molecule has 1 aliphatic heterocycles. The van der Waals surface area contributed by atoms with E-state index in [1.54, 1.807) is 31.0 Å². The third kappa shape index (κ3) is 3.52. The molecular weight excluding hydrogens is 338 g/mol. The van der Waals surface area contributed by atoms with Crippen LogP contribution in [0.2, 0.25) is 0 Å². The molecule has 1 amide bonds. The highest BCUT2D eigenvalue weighted by Crippen LogP contribution is 2.30. The Morgan fingerprint density at radius 3 is 2.92 bits per heavy atom. The van der Waals surface area contributed by atoms with Crippen molar-refractivity contribution in [3.05, 3.63) is 56.9 Å². The molecule has 0 spiro atoms. The minimum Gasteiger partial charge on any atom is -0.388 e. The molecular formula is C17H21N5O4. The summed E-state index contributed by atoms with van der Waals surface area (Å²) in [5, 5.41) is 10.7. The SMILES string of the molecule is Cc1cn([C@@H]2CN(C(=O)/C=C/c3cnc[nH]3)CC[C@@]2(C)O)c(=O)[nH]c1=O. The number of hydrogen-bond acceptors (Lipinski definition) is 5. The second kappa shape index (κ2) is 6.75. The van der Waals surface area contributed by atoms with E-state index in [1.807, 2.05) is 0 Å². The van der Waals surface area contributed by atoms with Crippen molar-refractivity contribution in [3.63, 3.8) is 0 Å². The molecule has 26 heavy (non-hydrogen) atoms. The number of rotatable bonds is 3. The average molecular weight is 359 g/mol. The number of carbonyl (C=O) groups excluding carboxylic acids is 1. The molecule has 3 N–H and O–H groups in total. The van der Waals surface area contributed by atoms with Gasteiger partial charge >= 0.3 is 5.69 Å². The number of carbonyl (C=O) groups is 1. The maximum absolute atomic E-state index is 12.5. The lowest BCUT2D eigenvalue weighted by atomic mass is 9.88. The quantitative estimate of drug-likeness (QED) is 0.655. The van der Waals surface area contributed by atoms with E-state index in [-0.39, 0.29) is 12.5 Å². The molecule has 2 atom stereocenters. The van der Waals surface area contributed by atoms with Gasteiger partial charge in [-0.05, 0) is 26.3 Å². The number of piperidine rings is 1. The highest BCUT2D eigenvalue weighted by Gasteiger charge is 2.40. The Bertz CT molecular complexity index is 939. The molecule has 3 rings (SSSR count). The summed E-state index contributed by atoms with van der Waals surface area (Å²) in [6.45, 7) is 3.74. The molecule has 138 valence electrons. The van der Waals surface area contributed by atoms with Crippen molar-refractivity contribution in [2.45, 2.75) is 31.9 Å². The minimum absolute atomic E-state index is 0.157. The average Bonchev–Trinajstić information content (AvgIpc) is 3.10. The monoisotopic (exact) mass is 359 g/mol. The number of amides is 1. The Hall–Kier alpha value is -2.94. The van der Waals surface area contributed by atoms with Gasteiger partial charge in [0.05, 0.1) is 29.9 Å². The maximum Gasteiger partial charge on any atom is 0.328 e. The highest BCUT2D eigenvalue weighted by atomic mass is 16.3. The number of aromatic amines is 2. The fraction of sp³-hybridized carbons (Fsp3) is 0.412. The summed E-state index contributed by atoms with van der Waals surface area (Å²) in [4.78, 5) is 46.8. The first-order chi connectivity index (χ1) is 12.3. The van der Waals surface area contributed by atoms with Gasteiger partial charge in [-0.15, -0.1) is 0 Å². The zero-order chi connectivity index (χ0) is 18.9. The smallest absolute Gasteiger partial charge is 0.328 e. The number of aliphatic hydroxyl groups is 1. The van der Waals surface area contributed by atoms with Crippen molar-refractivity contribution >= 4 is 12.0 Å². The number of aryl methyl sites for hydroxylation is 1. The molecule has 2 aromatic rings. The number of imidazole rings is 1. The van der Waals surface area contributed by atoms with Crippen LogP contribution in [0.5, 0.6) is 0 Å². The van der Waals surface area contributed by atoms with Crippen LogP contribution < -0.4 is 11.2 Å². The van der Waals surface area contributed by atoms with Crippen molar-refractivity contribution in [1.82, 2.24) is 24.4 Å². The van der Waals surface area contributed by atoms with Crippen molar-refractivity contribution in [2.75, 3.05) is 13.1 Å².